The van der Waals surface area contributed by atoms with Crippen molar-refractivity contribution in [2.75, 3.05) is 24.3 Å². The second-order valence-corrected chi connectivity index (χ2v) is 3.85. The first kappa shape index (κ1) is 10.9. The summed E-state index contributed by atoms with van der Waals surface area (Å²) in [5.74, 6) is 0.537. The van der Waals surface area contributed by atoms with Crippen LogP contribution >= 0.6 is 0 Å². The highest BCUT2D eigenvalue weighted by Crippen LogP contribution is 2.17. The third kappa shape index (κ3) is 2.70. The molecule has 5 nitrogen and oxygen atoms in total. The maximum Gasteiger partial charge on any atom is 0.228 e. The summed E-state index contributed by atoms with van der Waals surface area (Å²) in [6.07, 6.45) is 3.12. The number of ether oxygens (including phenoxy) is 1. The molecule has 1 amide bonds. The summed E-state index contributed by atoms with van der Waals surface area (Å²) in [5.41, 5.74) is 6.20. The predicted molar refractivity (Wildman–Crippen MR) is 60.8 cm³/mol. The van der Waals surface area contributed by atoms with Gasteiger partial charge in [0.25, 0.3) is 0 Å². The maximum atomic E-state index is 11.8. The molecule has 0 saturated carbocycles. The minimum absolute atomic E-state index is 0.00130. The zero-order valence-electron chi connectivity index (χ0n) is 8.98. The predicted octanol–water partition coefficient (Wildman–Crippen LogP) is 1.03. The van der Waals surface area contributed by atoms with Crippen molar-refractivity contribution in [1.29, 1.82) is 0 Å². The van der Waals surface area contributed by atoms with Crippen LogP contribution in [0.2, 0.25) is 0 Å². The van der Waals surface area contributed by atoms with Gasteiger partial charge in [-0.2, -0.15) is 0 Å². The van der Waals surface area contributed by atoms with Crippen molar-refractivity contribution in [3.8, 4) is 0 Å². The molecule has 1 aliphatic rings. The quantitative estimate of drug-likeness (QED) is 0.782. The van der Waals surface area contributed by atoms with E-state index in [0.29, 0.717) is 24.7 Å². The molecule has 5 heteroatoms. The monoisotopic (exact) mass is 221 g/mol. The van der Waals surface area contributed by atoms with Crippen LogP contribution in [0.25, 0.3) is 0 Å². The fourth-order valence-electron chi connectivity index (χ4n) is 1.70. The van der Waals surface area contributed by atoms with E-state index in [1.54, 1.807) is 18.3 Å². The molecule has 16 heavy (non-hydrogen) atoms. The van der Waals surface area contributed by atoms with Crippen LogP contribution in [0.15, 0.2) is 18.3 Å². The van der Waals surface area contributed by atoms with Crippen molar-refractivity contribution in [3.63, 3.8) is 0 Å². The van der Waals surface area contributed by atoms with Gasteiger partial charge in [-0.25, -0.2) is 4.98 Å². The molecule has 1 aliphatic heterocycles. The number of nitrogens with zero attached hydrogens (tertiary/aromatic N) is 1. The first-order valence-corrected chi connectivity index (χ1v) is 5.36. The normalized spacial score (nSPS) is 17.0. The molecule has 0 aliphatic carbocycles. The van der Waals surface area contributed by atoms with Crippen LogP contribution in [0, 0.1) is 5.92 Å². The summed E-state index contributed by atoms with van der Waals surface area (Å²) in [6, 6.07) is 3.33. The van der Waals surface area contributed by atoms with Gasteiger partial charge < -0.3 is 15.8 Å². The Morgan fingerprint density at radius 1 is 1.50 bits per heavy atom. The van der Waals surface area contributed by atoms with Crippen LogP contribution in [0.1, 0.15) is 12.8 Å². The summed E-state index contributed by atoms with van der Waals surface area (Å²) >= 11 is 0. The zero-order chi connectivity index (χ0) is 11.4. The average molecular weight is 221 g/mol. The highest BCUT2D eigenvalue weighted by Gasteiger charge is 2.21. The number of rotatable bonds is 2. The Kier molecular flexibility index (Phi) is 3.36. The van der Waals surface area contributed by atoms with Gasteiger partial charge in [0.05, 0.1) is 0 Å². The van der Waals surface area contributed by atoms with Crippen LogP contribution in [-0.2, 0) is 9.53 Å². The van der Waals surface area contributed by atoms with E-state index >= 15 is 0 Å². The van der Waals surface area contributed by atoms with Gasteiger partial charge in [-0.15, -0.1) is 0 Å². The average Bonchev–Trinajstić information content (AvgIpc) is 2.30. The van der Waals surface area contributed by atoms with Crippen molar-refractivity contribution in [3.05, 3.63) is 18.3 Å². The number of pyridine rings is 1. The van der Waals surface area contributed by atoms with Crippen LogP contribution in [-0.4, -0.2) is 24.1 Å². The van der Waals surface area contributed by atoms with E-state index in [9.17, 15) is 4.79 Å². The molecule has 0 unspecified atom stereocenters. The number of hydrogen-bond acceptors (Lipinski definition) is 4. The van der Waals surface area contributed by atoms with E-state index < -0.39 is 0 Å². The third-order valence-corrected chi connectivity index (χ3v) is 2.63. The zero-order valence-corrected chi connectivity index (χ0v) is 8.98. The molecule has 3 N–H and O–H groups in total. The van der Waals surface area contributed by atoms with Crippen molar-refractivity contribution in [2.24, 2.45) is 5.92 Å². The maximum absolute atomic E-state index is 11.8. The van der Waals surface area contributed by atoms with E-state index in [-0.39, 0.29) is 11.8 Å². The first-order chi connectivity index (χ1) is 7.75. The van der Waals surface area contributed by atoms with Crippen molar-refractivity contribution in [1.82, 2.24) is 4.98 Å². The second kappa shape index (κ2) is 4.94. The van der Waals surface area contributed by atoms with Gasteiger partial charge >= 0.3 is 0 Å². The molecule has 0 radical (unpaired) electrons. The lowest BCUT2D eigenvalue weighted by atomic mass is 9.99. The van der Waals surface area contributed by atoms with Gasteiger partial charge in [0, 0.05) is 37.1 Å². The van der Waals surface area contributed by atoms with Crippen LogP contribution in [0.3, 0.4) is 0 Å². The molecular formula is C11H15N3O2. The van der Waals surface area contributed by atoms with E-state index in [2.05, 4.69) is 10.3 Å². The lowest BCUT2D eigenvalue weighted by Gasteiger charge is -2.20. The fourth-order valence-corrected chi connectivity index (χ4v) is 1.70. The smallest absolute Gasteiger partial charge is 0.228 e. The van der Waals surface area contributed by atoms with E-state index in [4.69, 9.17) is 10.5 Å². The summed E-state index contributed by atoms with van der Waals surface area (Å²) in [6.45, 7) is 1.31. The molecule has 1 aromatic heterocycles. The SMILES string of the molecule is Nc1ccnc(NC(=O)C2CCOCC2)c1. The fraction of sp³-hybridized carbons (Fsp3) is 0.455. The summed E-state index contributed by atoms with van der Waals surface area (Å²) < 4.78 is 5.20. The van der Waals surface area contributed by atoms with E-state index in [1.807, 2.05) is 0 Å². The number of carbonyl (C=O) groups excluding carboxylic acids is 1. The number of nitrogen functional groups attached to an aromatic ring is 1. The van der Waals surface area contributed by atoms with Crippen molar-refractivity contribution in [2.45, 2.75) is 12.8 Å². The molecule has 86 valence electrons. The van der Waals surface area contributed by atoms with Gasteiger partial charge in [-0.1, -0.05) is 0 Å². The number of hydrogen-bond donors (Lipinski definition) is 2. The number of nitrogens with one attached hydrogen (secondary N) is 1. The molecule has 1 aromatic rings. The largest absolute Gasteiger partial charge is 0.399 e. The van der Waals surface area contributed by atoms with E-state index in [0.717, 1.165) is 12.8 Å². The Labute approximate surface area is 94.0 Å². The summed E-state index contributed by atoms with van der Waals surface area (Å²) in [7, 11) is 0. The number of anilines is 2. The Balaban J connectivity index is 1.96. The minimum atomic E-state index is 0.00130. The highest BCUT2D eigenvalue weighted by atomic mass is 16.5. The van der Waals surface area contributed by atoms with Gasteiger partial charge in [0.1, 0.15) is 5.82 Å². The molecule has 2 heterocycles. The topological polar surface area (TPSA) is 77.2 Å². The molecule has 0 bridgehead atoms. The van der Waals surface area contributed by atoms with E-state index in [1.165, 1.54) is 0 Å². The highest BCUT2D eigenvalue weighted by molar-refractivity contribution is 5.92. The lowest BCUT2D eigenvalue weighted by molar-refractivity contribution is -0.122. The molecule has 0 atom stereocenters. The summed E-state index contributed by atoms with van der Waals surface area (Å²) in [5, 5.41) is 2.77. The van der Waals surface area contributed by atoms with Gasteiger partial charge in [0.15, 0.2) is 0 Å². The third-order valence-electron chi connectivity index (χ3n) is 2.63. The Morgan fingerprint density at radius 3 is 2.94 bits per heavy atom. The number of carbonyl (C=O) groups is 1. The van der Waals surface area contributed by atoms with Gasteiger partial charge in [-0.3, -0.25) is 4.79 Å². The van der Waals surface area contributed by atoms with Gasteiger partial charge in [-0.05, 0) is 18.9 Å². The molecule has 0 aromatic carbocycles. The van der Waals surface area contributed by atoms with Crippen LogP contribution in [0.4, 0.5) is 11.5 Å². The number of amides is 1. The van der Waals surface area contributed by atoms with Crippen LogP contribution in [0.5, 0.6) is 0 Å². The molecule has 2 rings (SSSR count). The van der Waals surface area contributed by atoms with Crippen molar-refractivity contribution >= 4 is 17.4 Å². The Bertz CT molecular complexity index is 375. The van der Waals surface area contributed by atoms with Crippen molar-refractivity contribution < 1.29 is 9.53 Å². The lowest BCUT2D eigenvalue weighted by Crippen LogP contribution is -2.28. The van der Waals surface area contributed by atoms with Crippen LogP contribution < -0.4 is 11.1 Å². The second-order valence-electron chi connectivity index (χ2n) is 3.85. The molecular weight excluding hydrogens is 206 g/mol. The number of nitrogens with two attached hydrogens (primary N) is 1. The standard InChI is InChI=1S/C11H15N3O2/c12-9-1-4-13-10(7-9)14-11(15)8-2-5-16-6-3-8/h1,4,7-8H,2-3,5-6H2,(H3,12,13,14,15). The Hall–Kier alpha value is -1.62. The molecule has 1 fully saturated rings. The Morgan fingerprint density at radius 2 is 2.25 bits per heavy atom. The minimum Gasteiger partial charge on any atom is -0.399 e. The first-order valence-electron chi connectivity index (χ1n) is 5.36. The molecule has 1 saturated heterocycles. The summed E-state index contributed by atoms with van der Waals surface area (Å²) in [4.78, 5) is 15.9. The number of aromatic nitrogens is 1. The van der Waals surface area contributed by atoms with Gasteiger partial charge in [0.2, 0.25) is 5.91 Å². The molecule has 0 spiro atoms.